The maximum atomic E-state index is 14.7. The van der Waals surface area contributed by atoms with E-state index in [-0.39, 0.29) is 43.7 Å². The van der Waals surface area contributed by atoms with Gasteiger partial charge in [0.1, 0.15) is 30.0 Å². The van der Waals surface area contributed by atoms with Crippen LogP contribution < -0.4 is 5.32 Å². The summed E-state index contributed by atoms with van der Waals surface area (Å²) in [6, 6.07) is 7.55. The van der Waals surface area contributed by atoms with Gasteiger partial charge in [-0.15, -0.1) is 0 Å². The first kappa shape index (κ1) is 60.5. The highest BCUT2D eigenvalue weighted by Crippen LogP contribution is 2.45. The predicted octanol–water partition coefficient (Wildman–Crippen LogP) is 2.70. The standard InChI is InChI=1S/C54H94N4O14/c1-16-43-54(11,66)46(61)34(6)56(12)26-30(2)24-52(9,65)48(32(4)44(33(5)50(64)71-43)42-25-53(10,67-15)47(62)36(8)70-42)72-51-45(60)40(22-31(3)69-51)58(14)28-39(35(7)59)55-49(63)41-23-38(27-57(41)13)68-29-37-20-18-17-19-21-37/h17-21,30-36,38-48,51,59-62,65-66H,16,22-29H2,1-15H3,(H,55,63)/t30-,31-,32+,33-,34-,35+,36+,38-,39+,40+,41+,42+,43-,44+,45-,46-,47+,48-,51+,52-,53-,54-/m1/s1. The van der Waals surface area contributed by atoms with Crippen LogP contribution in [0.1, 0.15) is 114 Å². The van der Waals surface area contributed by atoms with Gasteiger partial charge < -0.3 is 69.3 Å². The van der Waals surface area contributed by atoms with E-state index in [0.717, 1.165) is 5.56 Å². The van der Waals surface area contributed by atoms with Crippen molar-refractivity contribution in [2.24, 2.45) is 23.7 Å². The number of hydrogen-bond donors (Lipinski definition) is 7. The minimum absolute atomic E-state index is 0.144. The molecule has 4 aliphatic heterocycles. The van der Waals surface area contributed by atoms with Crippen LogP contribution in [0, 0.1) is 23.7 Å². The summed E-state index contributed by atoms with van der Waals surface area (Å²) in [5, 5.41) is 74.5. The van der Waals surface area contributed by atoms with E-state index < -0.39 is 126 Å². The molecule has 1 aromatic rings. The number of carbonyl (C=O) groups excluding carboxylic acids is 2. The molecule has 5 rings (SSSR count). The van der Waals surface area contributed by atoms with Crippen LogP contribution in [0.4, 0.5) is 0 Å². The second kappa shape index (κ2) is 25.2. The Bertz CT molecular complexity index is 1860. The Morgan fingerprint density at radius 2 is 1.60 bits per heavy atom. The highest BCUT2D eigenvalue weighted by molar-refractivity contribution is 5.82. The molecule has 0 bridgehead atoms. The normalized spacial score (nSPS) is 43.4. The molecule has 0 aromatic heterocycles. The SMILES string of the molecule is CC[C@H]1OC(=O)[C@H](C)[C@@H]([C@@H]2C[C@@](C)(OC)[C@@H](O)[C@H](C)O2)[C@H](C)[C@@H](O[C@@H]2O[C@H](C)C[C@H](N(C)C[C@H](NC(=O)[C@@H]3C[C@@H](OCc4ccccc4)CN3C)[C@H](C)O)[C@H]2O)[C@](C)(O)C[C@@H](C)CN(C)[C@H](C)[C@@H](O)[C@]1(C)O. The highest BCUT2D eigenvalue weighted by atomic mass is 16.7. The molecule has 72 heavy (non-hydrogen) atoms. The molecule has 0 radical (unpaired) electrons. The van der Waals surface area contributed by atoms with Crippen molar-refractivity contribution in [2.45, 2.75) is 223 Å². The summed E-state index contributed by atoms with van der Waals surface area (Å²) in [4.78, 5) is 34.3. The van der Waals surface area contributed by atoms with Crippen LogP contribution in [-0.2, 0) is 44.6 Å². The fourth-order valence-corrected chi connectivity index (χ4v) is 12.4. The Hall–Kier alpha value is -2.40. The zero-order valence-electron chi connectivity index (χ0n) is 46.0. The molecule has 414 valence electrons. The van der Waals surface area contributed by atoms with Crippen molar-refractivity contribution in [1.82, 2.24) is 20.0 Å². The maximum Gasteiger partial charge on any atom is 0.309 e. The van der Waals surface area contributed by atoms with E-state index in [9.17, 15) is 40.2 Å². The molecule has 1 aromatic carbocycles. The molecule has 18 heteroatoms. The van der Waals surface area contributed by atoms with Gasteiger partial charge in [0.2, 0.25) is 5.91 Å². The number of rotatable bonds is 14. The third kappa shape index (κ3) is 14.1. The van der Waals surface area contributed by atoms with Crippen molar-refractivity contribution in [3.8, 4) is 0 Å². The van der Waals surface area contributed by atoms with Gasteiger partial charge in [0.05, 0.1) is 72.4 Å². The molecule has 7 N–H and O–H groups in total. The molecule has 18 nitrogen and oxygen atoms in total. The number of likely N-dealkylation sites (tertiary alicyclic amines) is 1. The average Bonchev–Trinajstić information content (AvgIpc) is 3.70. The van der Waals surface area contributed by atoms with E-state index in [1.165, 1.54) is 14.0 Å². The molecular weight excluding hydrogens is 929 g/mol. The number of nitrogens with zero attached hydrogens (tertiary/aromatic N) is 3. The number of cyclic esters (lactones) is 1. The average molecular weight is 1020 g/mol. The number of amides is 1. The summed E-state index contributed by atoms with van der Waals surface area (Å²) < 4.78 is 38.4. The van der Waals surface area contributed by atoms with Gasteiger partial charge in [-0.25, -0.2) is 0 Å². The van der Waals surface area contributed by atoms with E-state index in [1.54, 1.807) is 48.5 Å². The lowest BCUT2D eigenvalue weighted by Gasteiger charge is -2.51. The van der Waals surface area contributed by atoms with E-state index in [4.69, 9.17) is 28.4 Å². The van der Waals surface area contributed by atoms with Crippen LogP contribution >= 0.6 is 0 Å². The molecular formula is C54H94N4O14. The molecule has 0 saturated carbocycles. The van der Waals surface area contributed by atoms with E-state index >= 15 is 0 Å². The van der Waals surface area contributed by atoms with E-state index in [0.29, 0.717) is 32.5 Å². The Kier molecular flexibility index (Phi) is 21.1. The predicted molar refractivity (Wildman–Crippen MR) is 271 cm³/mol. The van der Waals surface area contributed by atoms with Crippen molar-refractivity contribution in [2.75, 3.05) is 47.9 Å². The second-order valence-electron chi connectivity index (χ2n) is 23.2. The quantitative estimate of drug-likeness (QED) is 0.133. The fraction of sp³-hybridized carbons (Fsp3) is 0.852. The molecule has 4 aliphatic rings. The van der Waals surface area contributed by atoms with Crippen LogP contribution in [-0.4, -0.2) is 213 Å². The first-order valence-electron chi connectivity index (χ1n) is 26.5. The highest BCUT2D eigenvalue weighted by Gasteiger charge is 2.55. The molecule has 4 fully saturated rings. The largest absolute Gasteiger partial charge is 0.459 e. The number of carbonyl (C=O) groups is 2. The van der Waals surface area contributed by atoms with Crippen LogP contribution in [0.5, 0.6) is 0 Å². The van der Waals surface area contributed by atoms with Crippen molar-refractivity contribution in [3.05, 3.63) is 35.9 Å². The van der Waals surface area contributed by atoms with Crippen LogP contribution in [0.15, 0.2) is 30.3 Å². The van der Waals surface area contributed by atoms with Gasteiger partial charge >= 0.3 is 5.97 Å². The van der Waals surface area contributed by atoms with Gasteiger partial charge in [0.25, 0.3) is 0 Å². The smallest absolute Gasteiger partial charge is 0.309 e. The zero-order valence-corrected chi connectivity index (χ0v) is 46.0. The molecule has 0 aliphatic carbocycles. The lowest BCUT2D eigenvalue weighted by molar-refractivity contribution is -0.303. The molecule has 0 spiro atoms. The van der Waals surface area contributed by atoms with Crippen molar-refractivity contribution in [3.63, 3.8) is 0 Å². The monoisotopic (exact) mass is 1020 g/mol. The Labute approximate surface area is 430 Å². The number of nitrogens with one attached hydrogen (secondary N) is 1. The number of esters is 1. The molecule has 4 heterocycles. The summed E-state index contributed by atoms with van der Waals surface area (Å²) in [5.74, 6) is -3.55. The Balaban J connectivity index is 1.44. The first-order chi connectivity index (χ1) is 33.6. The van der Waals surface area contributed by atoms with Crippen molar-refractivity contribution in [1.29, 1.82) is 0 Å². The summed E-state index contributed by atoms with van der Waals surface area (Å²) >= 11 is 0. The third-order valence-electron chi connectivity index (χ3n) is 17.0. The molecule has 1 amide bonds. The van der Waals surface area contributed by atoms with Crippen molar-refractivity contribution < 1.29 is 68.6 Å². The molecule has 22 atom stereocenters. The maximum absolute atomic E-state index is 14.7. The number of likely N-dealkylation sites (N-methyl/N-ethyl adjacent to an activating group) is 3. The number of benzene rings is 1. The fourth-order valence-electron chi connectivity index (χ4n) is 12.4. The van der Waals surface area contributed by atoms with Crippen LogP contribution in [0.25, 0.3) is 0 Å². The van der Waals surface area contributed by atoms with Crippen molar-refractivity contribution >= 4 is 11.9 Å². The third-order valence-corrected chi connectivity index (χ3v) is 17.0. The summed E-state index contributed by atoms with van der Waals surface area (Å²) in [7, 11) is 7.07. The lowest BCUT2D eigenvalue weighted by Crippen LogP contribution is -2.62. The van der Waals surface area contributed by atoms with Gasteiger partial charge in [-0.2, -0.15) is 0 Å². The molecule has 4 saturated heterocycles. The van der Waals surface area contributed by atoms with Gasteiger partial charge in [0.15, 0.2) is 6.29 Å². The number of ether oxygens (including phenoxy) is 6. The first-order valence-corrected chi connectivity index (χ1v) is 26.5. The Morgan fingerprint density at radius 1 is 0.944 bits per heavy atom. The number of aliphatic hydroxyl groups is 6. The van der Waals surface area contributed by atoms with Gasteiger partial charge in [0, 0.05) is 51.2 Å². The summed E-state index contributed by atoms with van der Waals surface area (Å²) in [5.41, 5.74) is -3.51. The number of methoxy groups -OCH3 is 1. The van der Waals surface area contributed by atoms with Gasteiger partial charge in [-0.1, -0.05) is 58.0 Å². The second-order valence-corrected chi connectivity index (χ2v) is 23.2. The van der Waals surface area contributed by atoms with Gasteiger partial charge in [-0.05, 0) is 113 Å². The minimum atomic E-state index is -1.84. The molecule has 0 unspecified atom stereocenters. The Morgan fingerprint density at radius 3 is 2.21 bits per heavy atom. The zero-order chi connectivity index (χ0) is 53.8. The lowest BCUT2D eigenvalue weighted by atomic mass is 9.68. The summed E-state index contributed by atoms with van der Waals surface area (Å²) in [6.45, 7) is 21.0. The van der Waals surface area contributed by atoms with Crippen LogP contribution in [0.2, 0.25) is 0 Å². The van der Waals surface area contributed by atoms with Crippen LogP contribution in [0.3, 0.4) is 0 Å². The number of hydrogen-bond acceptors (Lipinski definition) is 17. The topological polar surface area (TPSA) is 233 Å². The summed E-state index contributed by atoms with van der Waals surface area (Å²) in [6.07, 6.45) is -8.66. The van der Waals surface area contributed by atoms with E-state index in [2.05, 4.69) is 5.32 Å². The van der Waals surface area contributed by atoms with Gasteiger partial charge in [-0.3, -0.25) is 19.4 Å². The van der Waals surface area contributed by atoms with E-state index in [1.807, 2.05) is 86.9 Å². The number of aliphatic hydroxyl groups excluding tert-OH is 4. The minimum Gasteiger partial charge on any atom is -0.459 e.